The fraction of sp³-hybridized carbons (Fsp3) is 0.500. The van der Waals surface area contributed by atoms with Crippen molar-refractivity contribution in [1.82, 2.24) is 10.8 Å². The van der Waals surface area contributed by atoms with E-state index in [4.69, 9.17) is 0 Å². The van der Waals surface area contributed by atoms with Crippen LogP contribution < -0.4 is 5.43 Å². The van der Waals surface area contributed by atoms with E-state index in [1.807, 2.05) is 0 Å². The maximum atomic E-state index is 11.4. The third-order valence-corrected chi connectivity index (χ3v) is 0.496. The summed E-state index contributed by atoms with van der Waals surface area (Å²) in [6, 6.07) is 0. The van der Waals surface area contributed by atoms with Crippen LogP contribution in [0.5, 0.6) is 0 Å². The molecule has 0 aromatic heterocycles. The van der Waals surface area contributed by atoms with Gasteiger partial charge < -0.3 is 0 Å². The zero-order valence-electron chi connectivity index (χ0n) is 3.06. The van der Waals surface area contributed by atoms with Gasteiger partial charge in [-0.3, -0.25) is 0 Å². The Morgan fingerprint density at radius 3 is 3.00 bits per heavy atom. The van der Waals surface area contributed by atoms with Crippen molar-refractivity contribution in [3.63, 3.8) is 0 Å². The molecule has 1 heterocycles. The van der Waals surface area contributed by atoms with Crippen molar-refractivity contribution < 1.29 is 4.48 Å². The first kappa shape index (κ1) is 3.55. The first-order valence-corrected chi connectivity index (χ1v) is 1.61. The molecule has 1 rings (SSSR count). The molecule has 0 amide bonds. The number of hydrazine groups is 1. The minimum Gasteiger partial charge on any atom is -0.182 e. The van der Waals surface area contributed by atoms with Crippen molar-refractivity contribution in [2.75, 3.05) is 6.54 Å². The van der Waals surface area contributed by atoms with Gasteiger partial charge in [0.25, 0.3) is 0 Å². The lowest BCUT2D eigenvalue weighted by Gasteiger charge is -1.94. The minimum absolute atomic E-state index is 0.181. The van der Waals surface area contributed by atoms with E-state index in [1.165, 1.54) is 6.21 Å². The van der Waals surface area contributed by atoms with Crippen LogP contribution >= 0.6 is 0 Å². The van der Waals surface area contributed by atoms with Crippen LogP contribution in [0.15, 0.2) is 5.10 Å². The van der Waals surface area contributed by atoms with Crippen LogP contribution in [0.1, 0.15) is 0 Å². The third kappa shape index (κ3) is 0.463. The Balaban J connectivity index is 2.38. The number of nitrogens with one attached hydrogen (secondary N) is 1. The Labute approximate surface area is 34.3 Å². The summed E-state index contributed by atoms with van der Waals surface area (Å²) >= 11 is 0. The third-order valence-electron chi connectivity index (χ3n) is 0.496. The summed E-state index contributed by atoms with van der Waals surface area (Å²) in [7, 11) is 0. The molecule has 0 aromatic carbocycles. The van der Waals surface area contributed by atoms with Gasteiger partial charge in [0.05, 0.1) is 6.54 Å². The number of hydrogen-bond donors (Lipinski definition) is 1. The fourth-order valence-corrected chi connectivity index (χ4v) is 0.269. The predicted molar refractivity (Wildman–Crippen MR) is 19.4 cm³/mol. The maximum absolute atomic E-state index is 11.4. The zero-order chi connectivity index (χ0) is 4.41. The fourth-order valence-electron chi connectivity index (χ4n) is 0.269. The molecule has 1 aliphatic heterocycles. The van der Waals surface area contributed by atoms with Crippen molar-refractivity contribution in [2.24, 2.45) is 5.10 Å². The lowest BCUT2D eigenvalue weighted by molar-refractivity contribution is -0.0120. The molecule has 0 unspecified atom stereocenters. The monoisotopic (exact) mass is 89.0 g/mol. The lowest BCUT2D eigenvalue weighted by Crippen LogP contribution is -2.19. The van der Waals surface area contributed by atoms with E-state index in [9.17, 15) is 4.48 Å². The van der Waals surface area contributed by atoms with Gasteiger partial charge in [-0.1, -0.05) is 9.82 Å². The highest BCUT2D eigenvalue weighted by molar-refractivity contribution is 5.60. The van der Waals surface area contributed by atoms with E-state index < -0.39 is 0 Å². The van der Waals surface area contributed by atoms with E-state index >= 15 is 0 Å². The lowest BCUT2D eigenvalue weighted by atomic mass is 10.8. The molecular formula is C2H4FN3. The second-order valence-corrected chi connectivity index (χ2v) is 0.920. The highest BCUT2D eigenvalue weighted by atomic mass is 19.2. The van der Waals surface area contributed by atoms with Crippen LogP contribution in [0.2, 0.25) is 0 Å². The quantitative estimate of drug-likeness (QED) is 0.412. The summed E-state index contributed by atoms with van der Waals surface area (Å²) in [4.78, 5) is 0. The van der Waals surface area contributed by atoms with Crippen molar-refractivity contribution in [1.29, 1.82) is 0 Å². The van der Waals surface area contributed by atoms with Crippen LogP contribution in [0.25, 0.3) is 0 Å². The molecule has 6 heavy (non-hydrogen) atoms. The molecule has 0 saturated heterocycles. The van der Waals surface area contributed by atoms with Crippen molar-refractivity contribution in [3.05, 3.63) is 0 Å². The van der Waals surface area contributed by atoms with Gasteiger partial charge in [-0.05, 0) is 0 Å². The molecule has 3 nitrogen and oxygen atoms in total. The van der Waals surface area contributed by atoms with Gasteiger partial charge in [-0.15, -0.1) is 5.10 Å². The summed E-state index contributed by atoms with van der Waals surface area (Å²) in [5.41, 5.74) is 2.26. The SMILES string of the molecule is FN1N=CCN1. The highest BCUT2D eigenvalue weighted by Crippen LogP contribution is 1.84. The van der Waals surface area contributed by atoms with Gasteiger partial charge >= 0.3 is 0 Å². The molecule has 4 heteroatoms. The Hall–Kier alpha value is -0.640. The molecule has 0 radical (unpaired) electrons. The molecule has 0 atom stereocenters. The standard InChI is InChI=1S/C2H4FN3/c3-6-4-1-2-5-6/h1,5H,2H2. The molecule has 0 bridgehead atoms. The molecule has 1 aliphatic rings. The van der Waals surface area contributed by atoms with Crippen LogP contribution in [0, 0.1) is 0 Å². The summed E-state index contributed by atoms with van der Waals surface area (Å²) in [6.07, 6.45) is 1.44. The van der Waals surface area contributed by atoms with Gasteiger partial charge in [0.2, 0.25) is 0 Å². The van der Waals surface area contributed by atoms with Crippen LogP contribution in [0.3, 0.4) is 0 Å². The Bertz CT molecular complexity index is 71.2. The van der Waals surface area contributed by atoms with Gasteiger partial charge in [-0.25, -0.2) is 0 Å². The van der Waals surface area contributed by atoms with Gasteiger partial charge in [-0.2, -0.15) is 5.43 Å². The Morgan fingerprint density at radius 1 is 2.00 bits per heavy atom. The van der Waals surface area contributed by atoms with Gasteiger partial charge in [0.1, 0.15) is 0 Å². The molecule has 0 aromatic rings. The number of hydrazone groups is 1. The topological polar surface area (TPSA) is 27.6 Å². The van der Waals surface area contributed by atoms with E-state index in [2.05, 4.69) is 10.5 Å². The van der Waals surface area contributed by atoms with Crippen LogP contribution in [0.4, 0.5) is 4.48 Å². The predicted octanol–water partition coefficient (Wildman–Crippen LogP) is -0.323. The van der Waals surface area contributed by atoms with E-state index in [0.717, 1.165) is 0 Å². The average molecular weight is 89.1 g/mol. The van der Waals surface area contributed by atoms with E-state index in [-0.39, 0.29) is 5.34 Å². The maximum Gasteiger partial charge on any atom is 0.0566 e. The number of halogens is 1. The minimum atomic E-state index is 0.181. The summed E-state index contributed by atoms with van der Waals surface area (Å²) in [5, 5.41) is 3.35. The highest BCUT2D eigenvalue weighted by Gasteiger charge is 1.97. The van der Waals surface area contributed by atoms with Gasteiger partial charge in [0.15, 0.2) is 0 Å². The summed E-state index contributed by atoms with van der Waals surface area (Å²) < 4.78 is 11.4. The molecule has 0 spiro atoms. The van der Waals surface area contributed by atoms with Crippen LogP contribution in [-0.2, 0) is 0 Å². The molecule has 0 saturated carbocycles. The summed E-state index contributed by atoms with van der Waals surface area (Å²) in [5.74, 6) is 0. The number of nitrogens with zero attached hydrogens (tertiary/aromatic N) is 2. The van der Waals surface area contributed by atoms with E-state index in [1.54, 1.807) is 0 Å². The summed E-state index contributed by atoms with van der Waals surface area (Å²) in [6.45, 7) is 0.497. The molecule has 34 valence electrons. The second-order valence-electron chi connectivity index (χ2n) is 0.920. The number of rotatable bonds is 0. The van der Waals surface area contributed by atoms with Crippen LogP contribution in [-0.4, -0.2) is 18.1 Å². The molecule has 0 fully saturated rings. The van der Waals surface area contributed by atoms with Crippen molar-refractivity contribution >= 4 is 6.21 Å². The first-order valence-electron chi connectivity index (χ1n) is 1.61. The average Bonchev–Trinajstić information content (AvgIpc) is 1.86. The zero-order valence-corrected chi connectivity index (χ0v) is 3.06. The smallest absolute Gasteiger partial charge is 0.0566 e. The van der Waals surface area contributed by atoms with Gasteiger partial charge in [0, 0.05) is 6.21 Å². The molecule has 1 N–H and O–H groups in total. The van der Waals surface area contributed by atoms with E-state index in [0.29, 0.717) is 6.54 Å². The molecular weight excluding hydrogens is 85.0 g/mol. The first-order chi connectivity index (χ1) is 2.89. The largest absolute Gasteiger partial charge is 0.182 e. The molecule has 0 aliphatic carbocycles. The van der Waals surface area contributed by atoms with Crippen molar-refractivity contribution in [3.8, 4) is 0 Å². The second kappa shape index (κ2) is 1.22. The number of hydrogen-bond acceptors (Lipinski definition) is 3. The normalized spacial score (nSPS) is 19.8. The Morgan fingerprint density at radius 2 is 2.83 bits per heavy atom. The Kier molecular flexibility index (Phi) is 0.719. The van der Waals surface area contributed by atoms with Crippen molar-refractivity contribution in [2.45, 2.75) is 0 Å².